The highest BCUT2D eigenvalue weighted by Crippen LogP contribution is 2.35. The Morgan fingerprint density at radius 1 is 1.02 bits per heavy atom. The molecule has 1 saturated heterocycles. The molecule has 3 heterocycles. The third-order valence-electron chi connectivity index (χ3n) is 7.11. The third kappa shape index (κ3) is 5.28. The van der Waals surface area contributed by atoms with Gasteiger partial charge in [0.15, 0.2) is 0 Å². The average molecular weight is 595 g/mol. The number of carbonyl (C=O) groups is 3. The smallest absolute Gasteiger partial charge is 0.335 e. The highest BCUT2D eigenvalue weighted by Gasteiger charge is 2.35. The van der Waals surface area contributed by atoms with E-state index in [0.29, 0.717) is 29.1 Å². The van der Waals surface area contributed by atoms with Gasteiger partial charge < -0.3 is 9.67 Å². The Balaban J connectivity index is 1.26. The Labute approximate surface area is 248 Å². The summed E-state index contributed by atoms with van der Waals surface area (Å²) in [6.45, 7) is 2.04. The number of aromatic nitrogens is 4. The lowest BCUT2D eigenvalue weighted by Crippen LogP contribution is -2.27. The Bertz CT molecular complexity index is 1980. The second-order valence-electron chi connectivity index (χ2n) is 9.83. The summed E-state index contributed by atoms with van der Waals surface area (Å²) in [5.74, 6) is -1.48. The highest BCUT2D eigenvalue weighted by atomic mass is 32.2. The van der Waals surface area contributed by atoms with Crippen LogP contribution in [0.4, 0.5) is 10.5 Å². The molecule has 1 fully saturated rings. The molecule has 0 aliphatic carbocycles. The summed E-state index contributed by atoms with van der Waals surface area (Å²) in [5.41, 5.74) is 4.03. The summed E-state index contributed by atoms with van der Waals surface area (Å²) in [6, 6.07) is 18.5. The number of nitrogens with zero attached hydrogens (tertiary/aromatic N) is 6. The molecule has 6 rings (SSSR count). The van der Waals surface area contributed by atoms with Gasteiger partial charge in [-0.1, -0.05) is 41.6 Å². The number of carboxylic acids is 1. The quantitative estimate of drug-likeness (QED) is 0.141. The number of benzene rings is 3. The molecule has 1 aliphatic heterocycles. The predicted molar refractivity (Wildman–Crippen MR) is 159 cm³/mol. The second-order valence-corrected chi connectivity index (χ2v) is 10.8. The largest absolute Gasteiger partial charge is 0.478 e. The number of rotatable bonds is 8. The van der Waals surface area contributed by atoms with Crippen molar-refractivity contribution in [1.82, 2.24) is 24.5 Å². The first-order chi connectivity index (χ1) is 20.7. The van der Waals surface area contributed by atoms with Crippen LogP contribution in [0.15, 0.2) is 84.0 Å². The highest BCUT2D eigenvalue weighted by molar-refractivity contribution is 8.18. The molecule has 214 valence electrons. The van der Waals surface area contributed by atoms with Gasteiger partial charge in [0.05, 0.1) is 45.9 Å². The fourth-order valence-electron chi connectivity index (χ4n) is 4.95. The minimum absolute atomic E-state index is 0.00361. The van der Waals surface area contributed by atoms with Crippen LogP contribution >= 0.6 is 11.8 Å². The van der Waals surface area contributed by atoms with Crippen LogP contribution in [0.5, 0.6) is 0 Å². The van der Waals surface area contributed by atoms with Crippen LogP contribution in [0.3, 0.4) is 0 Å². The monoisotopic (exact) mass is 594 g/mol. The summed E-state index contributed by atoms with van der Waals surface area (Å²) in [4.78, 5) is 49.4. The van der Waals surface area contributed by atoms with Gasteiger partial charge in [0, 0.05) is 28.7 Å². The number of carboxylic acid groups (broad SMARTS) is 1. The van der Waals surface area contributed by atoms with Gasteiger partial charge in [-0.05, 0) is 54.6 Å². The lowest BCUT2D eigenvalue weighted by Gasteiger charge is -2.12. The molecule has 0 spiro atoms. The maximum Gasteiger partial charge on any atom is 0.335 e. The predicted octanol–water partition coefficient (Wildman–Crippen LogP) is 5.42. The van der Waals surface area contributed by atoms with Crippen LogP contribution in [0.1, 0.15) is 32.7 Å². The fourth-order valence-corrected chi connectivity index (χ4v) is 5.78. The third-order valence-corrected chi connectivity index (χ3v) is 8.02. The number of hydrogen-bond donors (Lipinski definition) is 1. The van der Waals surface area contributed by atoms with Gasteiger partial charge >= 0.3 is 5.97 Å². The van der Waals surface area contributed by atoms with Gasteiger partial charge in [0.2, 0.25) is 0 Å². The minimum atomic E-state index is -1.05. The molecule has 5 aromatic rings. The number of carbonyl (C=O) groups excluding carboxylic acids is 2. The van der Waals surface area contributed by atoms with Crippen molar-refractivity contribution in [2.24, 2.45) is 0 Å². The number of para-hydroxylation sites is 1. The van der Waals surface area contributed by atoms with Crippen LogP contribution in [0.2, 0.25) is 0 Å². The van der Waals surface area contributed by atoms with E-state index in [4.69, 9.17) is 5.11 Å². The van der Waals surface area contributed by atoms with Gasteiger partial charge in [-0.3, -0.25) is 24.6 Å². The molecule has 0 atom stereocenters. The van der Waals surface area contributed by atoms with Crippen LogP contribution in [-0.2, 0) is 17.9 Å². The lowest BCUT2D eigenvalue weighted by atomic mass is 10.1. The Hall–Kier alpha value is -5.56. The molecule has 0 saturated carbocycles. The van der Waals surface area contributed by atoms with Crippen molar-refractivity contribution in [3.8, 4) is 5.69 Å². The van der Waals surface area contributed by atoms with Crippen molar-refractivity contribution in [2.45, 2.75) is 20.0 Å². The van der Waals surface area contributed by atoms with Crippen LogP contribution < -0.4 is 0 Å². The van der Waals surface area contributed by atoms with E-state index in [9.17, 15) is 24.5 Å². The van der Waals surface area contributed by atoms with E-state index in [1.807, 2.05) is 35.0 Å². The molecular formula is C30H22N6O6S. The zero-order chi connectivity index (χ0) is 30.2. The van der Waals surface area contributed by atoms with E-state index in [0.717, 1.165) is 33.1 Å². The molecule has 0 radical (unpaired) electrons. The molecule has 0 bridgehead atoms. The van der Waals surface area contributed by atoms with Crippen LogP contribution in [0.25, 0.3) is 22.7 Å². The first-order valence-corrected chi connectivity index (χ1v) is 13.8. The molecule has 1 aliphatic rings. The topological polar surface area (TPSA) is 153 Å². The van der Waals surface area contributed by atoms with Gasteiger partial charge in [-0.2, -0.15) is 0 Å². The summed E-state index contributed by atoms with van der Waals surface area (Å²) in [5, 5.41) is 29.4. The first kappa shape index (κ1) is 27.6. The summed E-state index contributed by atoms with van der Waals surface area (Å²) < 4.78 is 3.47. The minimum Gasteiger partial charge on any atom is -0.478 e. The molecular weight excluding hydrogens is 572 g/mol. The number of imide groups is 1. The van der Waals surface area contributed by atoms with Crippen molar-refractivity contribution in [3.05, 3.63) is 122 Å². The second kappa shape index (κ2) is 11.0. The Kier molecular flexibility index (Phi) is 7.08. The summed E-state index contributed by atoms with van der Waals surface area (Å²) >= 11 is 0.853. The van der Waals surface area contributed by atoms with Crippen molar-refractivity contribution in [2.75, 3.05) is 0 Å². The zero-order valence-corrected chi connectivity index (χ0v) is 23.4. The normalized spacial score (nSPS) is 14.3. The molecule has 43 heavy (non-hydrogen) atoms. The number of nitro groups is 1. The molecule has 12 nitrogen and oxygen atoms in total. The molecule has 2 amide bonds. The van der Waals surface area contributed by atoms with Gasteiger partial charge in [0.1, 0.15) is 5.69 Å². The Morgan fingerprint density at radius 3 is 2.53 bits per heavy atom. The molecule has 2 aromatic heterocycles. The van der Waals surface area contributed by atoms with E-state index in [1.54, 1.807) is 43.5 Å². The van der Waals surface area contributed by atoms with E-state index in [2.05, 4.69) is 10.3 Å². The zero-order valence-electron chi connectivity index (χ0n) is 22.6. The Morgan fingerprint density at radius 2 is 1.79 bits per heavy atom. The van der Waals surface area contributed by atoms with Crippen LogP contribution in [0, 0.1) is 17.0 Å². The van der Waals surface area contributed by atoms with E-state index >= 15 is 0 Å². The fraction of sp³-hybridized carbons (Fsp3) is 0.100. The number of hydrogen-bond acceptors (Lipinski definition) is 8. The van der Waals surface area contributed by atoms with Crippen molar-refractivity contribution >= 4 is 51.5 Å². The number of thioether (sulfide) groups is 1. The van der Waals surface area contributed by atoms with Gasteiger partial charge in [0.25, 0.3) is 16.8 Å². The van der Waals surface area contributed by atoms with Gasteiger partial charge in [-0.15, -0.1) is 5.10 Å². The van der Waals surface area contributed by atoms with Crippen molar-refractivity contribution < 1.29 is 24.4 Å². The van der Waals surface area contributed by atoms with E-state index in [1.165, 1.54) is 22.9 Å². The SMILES string of the molecule is Cc1c(-n2cc(Cn3cc(/C=C4\SC(=O)N(Cc5ccc(C(=O)O)cc5)C4=O)c4ccccc43)nn2)cccc1[N+](=O)[O-]. The van der Waals surface area contributed by atoms with E-state index in [-0.39, 0.29) is 22.7 Å². The molecule has 13 heteroatoms. The number of fused-ring (bicyclic) bond motifs is 1. The van der Waals surface area contributed by atoms with Crippen molar-refractivity contribution in [1.29, 1.82) is 0 Å². The lowest BCUT2D eigenvalue weighted by molar-refractivity contribution is -0.385. The average Bonchev–Trinajstić information content (AvgIpc) is 3.67. The maximum atomic E-state index is 13.2. The van der Waals surface area contributed by atoms with E-state index < -0.39 is 22.0 Å². The van der Waals surface area contributed by atoms with Crippen LogP contribution in [-0.4, -0.2) is 51.6 Å². The standard InChI is InChI=1S/C30H22N6O6S/c1-18-24(7-4-8-25(18)36(41)42)35-17-22(31-32-35)16-33-15-21(23-5-2-3-6-26(23)33)13-27-28(37)34(30(40)43-27)14-19-9-11-20(12-10-19)29(38)39/h2-13,15,17H,14,16H2,1H3,(H,38,39)/b27-13-. The summed E-state index contributed by atoms with van der Waals surface area (Å²) in [6.07, 6.45) is 5.29. The molecule has 3 aromatic carbocycles. The number of amides is 2. The molecule has 1 N–H and O–H groups in total. The van der Waals surface area contributed by atoms with Gasteiger partial charge in [-0.25, -0.2) is 9.48 Å². The molecule has 0 unspecified atom stereocenters. The summed E-state index contributed by atoms with van der Waals surface area (Å²) in [7, 11) is 0. The number of aromatic carboxylic acids is 1. The first-order valence-electron chi connectivity index (χ1n) is 13.0. The number of nitro benzene ring substituents is 1. The maximum absolute atomic E-state index is 13.2. The van der Waals surface area contributed by atoms with Crippen molar-refractivity contribution in [3.63, 3.8) is 0 Å².